The highest BCUT2D eigenvalue weighted by molar-refractivity contribution is 5.85. The summed E-state index contributed by atoms with van der Waals surface area (Å²) >= 11 is 0. The van der Waals surface area contributed by atoms with Crippen molar-refractivity contribution >= 4 is 12.4 Å². The van der Waals surface area contributed by atoms with Crippen LogP contribution in [0.3, 0.4) is 0 Å². The van der Waals surface area contributed by atoms with Crippen molar-refractivity contribution in [1.82, 2.24) is 0 Å². The molecule has 3 N–H and O–H groups in total. The molecule has 5 nitrogen and oxygen atoms in total. The summed E-state index contributed by atoms with van der Waals surface area (Å²) in [6, 6.07) is 2.88. The zero-order valence-electron chi connectivity index (χ0n) is 11.7. The quantitative estimate of drug-likeness (QED) is 0.837. The van der Waals surface area contributed by atoms with E-state index in [0.717, 1.165) is 0 Å². The van der Waals surface area contributed by atoms with Crippen LogP contribution in [0.5, 0.6) is 17.2 Å². The molecule has 0 heterocycles. The highest BCUT2D eigenvalue weighted by Crippen LogP contribution is 2.38. The van der Waals surface area contributed by atoms with E-state index in [4.69, 9.17) is 19.9 Å². The minimum atomic E-state index is -0.652. The van der Waals surface area contributed by atoms with Crippen molar-refractivity contribution in [2.75, 3.05) is 21.3 Å². The van der Waals surface area contributed by atoms with Gasteiger partial charge in [-0.25, -0.2) is 0 Å². The topological polar surface area (TPSA) is 73.9 Å². The molecule has 110 valence electrons. The molecule has 0 fully saturated rings. The number of hydrogen-bond acceptors (Lipinski definition) is 5. The standard InChI is InChI=1S/C13H21NO4.ClH/c1-5-9(15)13(14)12-10(17-3)6-8(16-2)7-11(12)18-4;/h6-7,9,13,15H,5,14H2,1-4H3;1H/t9-,13-;/m0./s1. The van der Waals surface area contributed by atoms with Crippen LogP contribution < -0.4 is 19.9 Å². The monoisotopic (exact) mass is 291 g/mol. The summed E-state index contributed by atoms with van der Waals surface area (Å²) in [6.45, 7) is 1.87. The molecule has 0 radical (unpaired) electrons. The molecule has 0 bridgehead atoms. The van der Waals surface area contributed by atoms with E-state index in [1.165, 1.54) is 0 Å². The van der Waals surface area contributed by atoms with Gasteiger partial charge in [0.25, 0.3) is 0 Å². The van der Waals surface area contributed by atoms with Gasteiger partial charge in [-0.05, 0) is 6.42 Å². The van der Waals surface area contributed by atoms with Crippen molar-refractivity contribution in [2.45, 2.75) is 25.5 Å². The van der Waals surface area contributed by atoms with Crippen molar-refractivity contribution in [2.24, 2.45) is 5.73 Å². The van der Waals surface area contributed by atoms with Crippen molar-refractivity contribution in [3.8, 4) is 17.2 Å². The van der Waals surface area contributed by atoms with E-state index in [9.17, 15) is 5.11 Å². The Morgan fingerprint density at radius 3 is 1.89 bits per heavy atom. The third-order valence-electron chi connectivity index (χ3n) is 2.92. The minimum Gasteiger partial charge on any atom is -0.496 e. The largest absolute Gasteiger partial charge is 0.496 e. The third kappa shape index (κ3) is 3.89. The average Bonchev–Trinajstić information content (AvgIpc) is 2.43. The Morgan fingerprint density at radius 1 is 1.11 bits per heavy atom. The second-order valence-corrected chi connectivity index (χ2v) is 3.95. The van der Waals surface area contributed by atoms with Crippen LogP contribution in [0.15, 0.2) is 12.1 Å². The van der Waals surface area contributed by atoms with Crippen LogP contribution in [-0.2, 0) is 0 Å². The summed E-state index contributed by atoms with van der Waals surface area (Å²) in [6.07, 6.45) is -0.0966. The molecule has 2 atom stereocenters. The summed E-state index contributed by atoms with van der Waals surface area (Å²) in [7, 11) is 4.65. The first-order valence-electron chi connectivity index (χ1n) is 5.82. The molecule has 19 heavy (non-hydrogen) atoms. The number of halogens is 1. The van der Waals surface area contributed by atoms with Gasteiger partial charge in [0.1, 0.15) is 17.2 Å². The van der Waals surface area contributed by atoms with Gasteiger partial charge in [0.15, 0.2) is 0 Å². The number of hydrogen-bond donors (Lipinski definition) is 2. The molecule has 0 aliphatic heterocycles. The lowest BCUT2D eigenvalue weighted by Crippen LogP contribution is -2.26. The number of benzene rings is 1. The summed E-state index contributed by atoms with van der Waals surface area (Å²) in [5.74, 6) is 1.71. The van der Waals surface area contributed by atoms with E-state index in [-0.39, 0.29) is 12.4 Å². The molecular formula is C13H22ClNO4. The molecule has 0 aliphatic rings. The molecule has 1 aromatic rings. The fraction of sp³-hybridized carbons (Fsp3) is 0.538. The van der Waals surface area contributed by atoms with Crippen LogP contribution >= 0.6 is 12.4 Å². The lowest BCUT2D eigenvalue weighted by Gasteiger charge is -2.23. The van der Waals surface area contributed by atoms with Crippen LogP contribution in [0.1, 0.15) is 24.9 Å². The number of aliphatic hydroxyl groups excluding tert-OH is 1. The van der Waals surface area contributed by atoms with Gasteiger partial charge in [-0.1, -0.05) is 6.92 Å². The van der Waals surface area contributed by atoms with Gasteiger partial charge in [0, 0.05) is 12.1 Å². The molecule has 0 unspecified atom stereocenters. The zero-order valence-corrected chi connectivity index (χ0v) is 12.5. The molecule has 1 aromatic carbocycles. The Labute approximate surface area is 120 Å². The number of methoxy groups -OCH3 is 3. The van der Waals surface area contributed by atoms with Crippen molar-refractivity contribution in [1.29, 1.82) is 0 Å². The zero-order chi connectivity index (χ0) is 13.7. The number of rotatable bonds is 6. The minimum absolute atomic E-state index is 0. The average molecular weight is 292 g/mol. The van der Waals surface area contributed by atoms with Gasteiger partial charge >= 0.3 is 0 Å². The first-order chi connectivity index (χ1) is 8.58. The van der Waals surface area contributed by atoms with E-state index in [1.807, 2.05) is 6.92 Å². The predicted octanol–water partition coefficient (Wildman–Crippen LogP) is 1.90. The van der Waals surface area contributed by atoms with Gasteiger partial charge < -0.3 is 25.1 Å². The van der Waals surface area contributed by atoms with E-state index in [0.29, 0.717) is 29.2 Å². The summed E-state index contributed by atoms with van der Waals surface area (Å²) in [5, 5.41) is 9.88. The van der Waals surface area contributed by atoms with Gasteiger partial charge in [-0.2, -0.15) is 0 Å². The lowest BCUT2D eigenvalue weighted by atomic mass is 9.98. The van der Waals surface area contributed by atoms with E-state index in [2.05, 4.69) is 0 Å². The second kappa shape index (κ2) is 8.09. The van der Waals surface area contributed by atoms with E-state index in [1.54, 1.807) is 33.5 Å². The van der Waals surface area contributed by atoms with Crippen LogP contribution in [-0.4, -0.2) is 32.5 Å². The predicted molar refractivity (Wildman–Crippen MR) is 76.6 cm³/mol. The molecule has 0 saturated heterocycles. The Balaban J connectivity index is 0.00000324. The molecule has 0 aromatic heterocycles. The molecular weight excluding hydrogens is 270 g/mol. The van der Waals surface area contributed by atoms with Crippen LogP contribution in [0.25, 0.3) is 0 Å². The summed E-state index contributed by atoms with van der Waals surface area (Å²) < 4.78 is 15.7. The lowest BCUT2D eigenvalue weighted by molar-refractivity contribution is 0.138. The SMILES string of the molecule is CC[C@H](O)[C@H](N)c1c(OC)cc(OC)cc1OC.Cl. The summed E-state index contributed by atoms with van der Waals surface area (Å²) in [4.78, 5) is 0. The smallest absolute Gasteiger partial charge is 0.131 e. The first-order valence-corrected chi connectivity index (χ1v) is 5.82. The van der Waals surface area contributed by atoms with E-state index >= 15 is 0 Å². The fourth-order valence-electron chi connectivity index (χ4n) is 1.81. The highest BCUT2D eigenvalue weighted by Gasteiger charge is 2.24. The maximum Gasteiger partial charge on any atom is 0.131 e. The van der Waals surface area contributed by atoms with Crippen molar-refractivity contribution in [3.05, 3.63) is 17.7 Å². The van der Waals surface area contributed by atoms with Crippen molar-refractivity contribution < 1.29 is 19.3 Å². The van der Waals surface area contributed by atoms with Gasteiger partial charge in [0.2, 0.25) is 0 Å². The Bertz CT molecular complexity index is 375. The summed E-state index contributed by atoms with van der Waals surface area (Å²) in [5.41, 5.74) is 6.69. The van der Waals surface area contributed by atoms with Gasteiger partial charge in [-0.3, -0.25) is 0 Å². The maximum absolute atomic E-state index is 9.88. The van der Waals surface area contributed by atoms with Crippen LogP contribution in [0, 0.1) is 0 Å². The third-order valence-corrected chi connectivity index (χ3v) is 2.92. The maximum atomic E-state index is 9.88. The number of nitrogens with two attached hydrogens (primary N) is 1. The molecule has 1 rings (SSSR count). The Kier molecular flexibility index (Phi) is 7.59. The van der Waals surface area contributed by atoms with Crippen molar-refractivity contribution in [3.63, 3.8) is 0 Å². The molecule has 0 spiro atoms. The van der Waals surface area contributed by atoms with Crippen LogP contribution in [0.4, 0.5) is 0 Å². The molecule has 6 heteroatoms. The molecule has 0 saturated carbocycles. The van der Waals surface area contributed by atoms with Crippen LogP contribution in [0.2, 0.25) is 0 Å². The normalized spacial score (nSPS) is 13.2. The Hall–Kier alpha value is -1.17. The fourth-order valence-corrected chi connectivity index (χ4v) is 1.81. The van der Waals surface area contributed by atoms with Gasteiger partial charge in [0.05, 0.1) is 39.0 Å². The molecule has 0 amide bonds. The first kappa shape index (κ1) is 17.8. The number of ether oxygens (including phenoxy) is 3. The van der Waals surface area contributed by atoms with E-state index < -0.39 is 12.1 Å². The number of aliphatic hydroxyl groups is 1. The Morgan fingerprint density at radius 2 is 1.58 bits per heavy atom. The molecule has 0 aliphatic carbocycles. The highest BCUT2D eigenvalue weighted by atomic mass is 35.5. The second-order valence-electron chi connectivity index (χ2n) is 3.95. The van der Waals surface area contributed by atoms with Gasteiger partial charge in [-0.15, -0.1) is 12.4 Å².